The summed E-state index contributed by atoms with van der Waals surface area (Å²) < 4.78 is 41.5. The van der Waals surface area contributed by atoms with Gasteiger partial charge in [0.15, 0.2) is 0 Å². The summed E-state index contributed by atoms with van der Waals surface area (Å²) in [5.41, 5.74) is -0.713. The monoisotopic (exact) mass is 234 g/mol. The Bertz CT molecular complexity index is 415. The summed E-state index contributed by atoms with van der Waals surface area (Å²) in [6, 6.07) is 2.07. The molecule has 1 heterocycles. The van der Waals surface area contributed by atoms with Crippen LogP contribution in [-0.4, -0.2) is 11.1 Å². The number of carbonyl (C=O) groups is 1. The van der Waals surface area contributed by atoms with Crippen LogP contribution in [-0.2, 0) is 16.4 Å². The molecule has 1 aromatic rings. The third-order valence-electron chi connectivity index (χ3n) is 2.75. The molecule has 0 unspecified atom stereocenters. The second kappa shape index (κ2) is 3.26. The van der Waals surface area contributed by atoms with E-state index in [4.69, 9.17) is 5.11 Å². The van der Waals surface area contributed by atoms with Gasteiger partial charge in [0.1, 0.15) is 5.76 Å². The van der Waals surface area contributed by atoms with Crippen LogP contribution in [0.3, 0.4) is 0 Å². The standard InChI is InChI=1S/C10H9F3O3/c11-10(12,13)7-2-1-6(16-7)9(3-4-9)5-8(14)15/h1-2H,3-5H2,(H,14,15). The van der Waals surface area contributed by atoms with Crippen molar-refractivity contribution in [2.45, 2.75) is 30.9 Å². The van der Waals surface area contributed by atoms with Crippen LogP contribution in [0.2, 0.25) is 0 Å². The predicted molar refractivity (Wildman–Crippen MR) is 46.9 cm³/mol. The molecule has 88 valence electrons. The molecule has 0 atom stereocenters. The van der Waals surface area contributed by atoms with E-state index in [1.54, 1.807) is 0 Å². The summed E-state index contributed by atoms with van der Waals surface area (Å²) in [4.78, 5) is 10.6. The third kappa shape index (κ3) is 1.91. The Labute approximate surface area is 88.9 Å². The Balaban J connectivity index is 2.22. The zero-order valence-corrected chi connectivity index (χ0v) is 8.17. The molecule has 0 saturated heterocycles. The fourth-order valence-corrected chi connectivity index (χ4v) is 1.73. The number of hydrogen-bond acceptors (Lipinski definition) is 2. The second-order valence-corrected chi connectivity index (χ2v) is 4.01. The first-order chi connectivity index (χ1) is 7.33. The van der Waals surface area contributed by atoms with Crippen molar-refractivity contribution in [3.8, 4) is 0 Å². The highest BCUT2D eigenvalue weighted by molar-refractivity contribution is 5.69. The van der Waals surface area contributed by atoms with Crippen molar-refractivity contribution >= 4 is 5.97 Å². The molecule has 1 aliphatic rings. The number of carboxylic acid groups (broad SMARTS) is 1. The maximum atomic E-state index is 12.3. The second-order valence-electron chi connectivity index (χ2n) is 4.01. The molecule has 1 saturated carbocycles. The van der Waals surface area contributed by atoms with Gasteiger partial charge in [-0.05, 0) is 25.0 Å². The first-order valence-corrected chi connectivity index (χ1v) is 4.73. The van der Waals surface area contributed by atoms with E-state index in [1.807, 2.05) is 0 Å². The first kappa shape index (κ1) is 11.0. The van der Waals surface area contributed by atoms with Crippen molar-refractivity contribution in [1.29, 1.82) is 0 Å². The molecular weight excluding hydrogens is 225 g/mol. The molecule has 0 amide bonds. The highest BCUT2D eigenvalue weighted by Gasteiger charge is 2.49. The zero-order valence-electron chi connectivity index (χ0n) is 8.17. The van der Waals surface area contributed by atoms with Gasteiger partial charge in [0.05, 0.1) is 6.42 Å². The van der Waals surface area contributed by atoms with Gasteiger partial charge in [-0.15, -0.1) is 0 Å². The summed E-state index contributed by atoms with van der Waals surface area (Å²) in [6.45, 7) is 0. The van der Waals surface area contributed by atoms with E-state index in [9.17, 15) is 18.0 Å². The van der Waals surface area contributed by atoms with Crippen molar-refractivity contribution in [3.05, 3.63) is 23.7 Å². The molecule has 2 rings (SSSR count). The Morgan fingerprint density at radius 3 is 2.44 bits per heavy atom. The molecule has 0 bridgehead atoms. The van der Waals surface area contributed by atoms with Crippen LogP contribution in [0.5, 0.6) is 0 Å². The van der Waals surface area contributed by atoms with Crippen LogP contribution in [0.4, 0.5) is 13.2 Å². The van der Waals surface area contributed by atoms with E-state index >= 15 is 0 Å². The average Bonchev–Trinajstić information content (AvgIpc) is 2.73. The van der Waals surface area contributed by atoms with E-state index in [1.165, 1.54) is 6.07 Å². The Kier molecular flexibility index (Phi) is 2.25. The van der Waals surface area contributed by atoms with E-state index < -0.39 is 23.3 Å². The van der Waals surface area contributed by atoms with Crippen LogP contribution in [0.25, 0.3) is 0 Å². The molecule has 0 aromatic carbocycles. The van der Waals surface area contributed by atoms with Gasteiger partial charge in [-0.25, -0.2) is 0 Å². The van der Waals surface area contributed by atoms with Crippen LogP contribution in [0.15, 0.2) is 16.5 Å². The minimum atomic E-state index is -4.52. The third-order valence-corrected chi connectivity index (χ3v) is 2.75. The maximum absolute atomic E-state index is 12.3. The first-order valence-electron chi connectivity index (χ1n) is 4.73. The molecule has 1 aliphatic carbocycles. The molecule has 3 nitrogen and oxygen atoms in total. The lowest BCUT2D eigenvalue weighted by Crippen LogP contribution is -2.12. The summed E-state index contributed by atoms with van der Waals surface area (Å²) in [5, 5.41) is 8.65. The van der Waals surface area contributed by atoms with Gasteiger partial charge >= 0.3 is 12.1 Å². The number of hydrogen-bond donors (Lipinski definition) is 1. The van der Waals surface area contributed by atoms with Gasteiger partial charge in [-0.2, -0.15) is 13.2 Å². The van der Waals surface area contributed by atoms with E-state index in [-0.39, 0.29) is 12.2 Å². The molecule has 1 fully saturated rings. The van der Waals surface area contributed by atoms with Crippen LogP contribution >= 0.6 is 0 Å². The molecule has 0 spiro atoms. The number of furan rings is 1. The molecule has 0 aliphatic heterocycles. The van der Waals surface area contributed by atoms with Gasteiger partial charge in [-0.3, -0.25) is 4.79 Å². The van der Waals surface area contributed by atoms with Crippen molar-refractivity contribution in [3.63, 3.8) is 0 Å². The highest BCUT2D eigenvalue weighted by atomic mass is 19.4. The topological polar surface area (TPSA) is 50.4 Å². The number of rotatable bonds is 3. The van der Waals surface area contributed by atoms with Gasteiger partial charge in [-0.1, -0.05) is 0 Å². The summed E-state index contributed by atoms with van der Waals surface area (Å²) in [6.07, 6.45) is -3.58. The average molecular weight is 234 g/mol. The van der Waals surface area contributed by atoms with Gasteiger partial charge < -0.3 is 9.52 Å². The summed E-state index contributed by atoms with van der Waals surface area (Å²) in [5.74, 6) is -1.97. The van der Waals surface area contributed by atoms with Crippen molar-refractivity contribution in [2.24, 2.45) is 0 Å². The smallest absolute Gasteiger partial charge is 0.449 e. The number of aliphatic carboxylic acids is 1. The fourth-order valence-electron chi connectivity index (χ4n) is 1.73. The van der Waals surface area contributed by atoms with Crippen LogP contribution in [0, 0.1) is 0 Å². The Morgan fingerprint density at radius 1 is 1.44 bits per heavy atom. The summed E-state index contributed by atoms with van der Waals surface area (Å²) >= 11 is 0. The molecule has 1 aromatic heterocycles. The zero-order chi connectivity index (χ0) is 12.0. The predicted octanol–water partition coefficient (Wildman–Crippen LogP) is 2.80. The lowest BCUT2D eigenvalue weighted by molar-refractivity contribution is -0.153. The molecule has 0 radical (unpaired) electrons. The van der Waals surface area contributed by atoms with Crippen molar-refractivity contribution in [1.82, 2.24) is 0 Å². The largest absolute Gasteiger partial charge is 0.481 e. The van der Waals surface area contributed by atoms with Gasteiger partial charge in [0, 0.05) is 5.41 Å². The lowest BCUT2D eigenvalue weighted by atomic mass is 10.00. The lowest BCUT2D eigenvalue weighted by Gasteiger charge is -2.08. The number of halogens is 3. The molecule has 1 N–H and O–H groups in total. The van der Waals surface area contributed by atoms with Gasteiger partial charge in [0.2, 0.25) is 5.76 Å². The van der Waals surface area contributed by atoms with E-state index in [2.05, 4.69) is 4.42 Å². The molecule has 16 heavy (non-hydrogen) atoms. The van der Waals surface area contributed by atoms with Crippen LogP contribution in [0.1, 0.15) is 30.8 Å². The number of alkyl halides is 3. The Hall–Kier alpha value is -1.46. The summed E-state index contributed by atoms with van der Waals surface area (Å²) in [7, 11) is 0. The van der Waals surface area contributed by atoms with E-state index in [0.29, 0.717) is 12.8 Å². The fraction of sp³-hybridized carbons (Fsp3) is 0.500. The SMILES string of the molecule is O=C(O)CC1(c2ccc(C(F)(F)F)o2)CC1. The number of carboxylic acids is 1. The molecule has 6 heteroatoms. The minimum Gasteiger partial charge on any atom is -0.481 e. The highest BCUT2D eigenvalue weighted by Crippen LogP contribution is 2.52. The normalized spacial score (nSPS) is 18.4. The van der Waals surface area contributed by atoms with Crippen molar-refractivity contribution in [2.75, 3.05) is 0 Å². The Morgan fingerprint density at radius 2 is 2.06 bits per heavy atom. The van der Waals surface area contributed by atoms with Gasteiger partial charge in [0.25, 0.3) is 0 Å². The quantitative estimate of drug-likeness (QED) is 0.874. The molecular formula is C10H9F3O3. The van der Waals surface area contributed by atoms with Crippen molar-refractivity contribution < 1.29 is 27.5 Å². The minimum absolute atomic E-state index is 0.127. The van der Waals surface area contributed by atoms with E-state index in [0.717, 1.165) is 6.07 Å². The van der Waals surface area contributed by atoms with Crippen LogP contribution < -0.4 is 0 Å². The maximum Gasteiger partial charge on any atom is 0.449 e.